The summed E-state index contributed by atoms with van der Waals surface area (Å²) >= 11 is 1.65. The number of nitrogens with one attached hydrogen (secondary N) is 2. The molecule has 0 atom stereocenters. The van der Waals surface area contributed by atoms with E-state index in [0.29, 0.717) is 31.0 Å². The van der Waals surface area contributed by atoms with Crippen LogP contribution in [0.3, 0.4) is 0 Å². The Balaban J connectivity index is 1.46. The Labute approximate surface area is 191 Å². The van der Waals surface area contributed by atoms with Crippen LogP contribution in [-0.2, 0) is 4.79 Å². The maximum atomic E-state index is 12.5. The van der Waals surface area contributed by atoms with E-state index in [0.717, 1.165) is 33.6 Å². The van der Waals surface area contributed by atoms with Gasteiger partial charge < -0.3 is 15.4 Å². The number of rotatable bonds is 9. The number of thiophene rings is 1. The number of para-hydroxylation sites is 2. The molecule has 7 heteroatoms. The minimum atomic E-state index is -0.0832. The predicted octanol–water partition coefficient (Wildman–Crippen LogP) is 5.90. The van der Waals surface area contributed by atoms with E-state index in [9.17, 15) is 4.79 Å². The summed E-state index contributed by atoms with van der Waals surface area (Å²) in [4.78, 5) is 23.6. The van der Waals surface area contributed by atoms with Crippen LogP contribution in [0.2, 0.25) is 0 Å². The first-order chi connectivity index (χ1) is 15.7. The second-order valence-corrected chi connectivity index (χ2v) is 8.57. The van der Waals surface area contributed by atoms with Gasteiger partial charge in [-0.2, -0.15) is 0 Å². The van der Waals surface area contributed by atoms with Crippen molar-refractivity contribution < 1.29 is 9.53 Å². The highest BCUT2D eigenvalue weighted by molar-refractivity contribution is 7.19. The maximum Gasteiger partial charge on any atom is 0.226 e. The highest BCUT2D eigenvalue weighted by Crippen LogP contribution is 2.40. The van der Waals surface area contributed by atoms with Crippen LogP contribution in [0, 0.1) is 6.92 Å². The van der Waals surface area contributed by atoms with Crippen LogP contribution in [0.5, 0.6) is 5.75 Å². The van der Waals surface area contributed by atoms with Crippen molar-refractivity contribution in [3.05, 3.63) is 65.8 Å². The van der Waals surface area contributed by atoms with Gasteiger partial charge in [-0.15, -0.1) is 11.3 Å². The van der Waals surface area contributed by atoms with Crippen molar-refractivity contribution >= 4 is 39.0 Å². The summed E-state index contributed by atoms with van der Waals surface area (Å²) in [6.07, 6.45) is 2.78. The summed E-state index contributed by atoms with van der Waals surface area (Å²) < 4.78 is 5.72. The second-order valence-electron chi connectivity index (χ2n) is 7.37. The van der Waals surface area contributed by atoms with Gasteiger partial charge in [-0.05, 0) is 31.0 Å². The van der Waals surface area contributed by atoms with Crippen LogP contribution in [0.15, 0.2) is 60.9 Å². The molecule has 2 N–H and O–H groups in total. The average Bonchev–Trinajstić information content (AvgIpc) is 3.15. The van der Waals surface area contributed by atoms with Crippen molar-refractivity contribution in [3.63, 3.8) is 0 Å². The van der Waals surface area contributed by atoms with E-state index in [-0.39, 0.29) is 5.91 Å². The molecule has 1 amide bonds. The zero-order chi connectivity index (χ0) is 22.3. The van der Waals surface area contributed by atoms with Crippen molar-refractivity contribution in [3.8, 4) is 16.9 Å². The van der Waals surface area contributed by atoms with Crippen LogP contribution in [0.4, 0.5) is 11.5 Å². The SMILES string of the molecule is CCCOc1ccccc1NC(=O)CCNc1ncnc2sc(C)c(-c3ccccc3)c12. The Morgan fingerprint density at radius 1 is 1.06 bits per heavy atom. The van der Waals surface area contributed by atoms with Crippen LogP contribution < -0.4 is 15.4 Å². The van der Waals surface area contributed by atoms with E-state index in [2.05, 4.69) is 46.6 Å². The molecule has 0 aliphatic carbocycles. The first kappa shape index (κ1) is 21.8. The van der Waals surface area contributed by atoms with Crippen LogP contribution >= 0.6 is 11.3 Å². The number of carbonyl (C=O) groups is 1. The molecule has 0 aliphatic rings. The topological polar surface area (TPSA) is 76.1 Å². The fourth-order valence-electron chi connectivity index (χ4n) is 3.55. The van der Waals surface area contributed by atoms with Gasteiger partial charge in [0.15, 0.2) is 0 Å². The number of anilines is 2. The van der Waals surface area contributed by atoms with Crippen molar-refractivity contribution in [2.24, 2.45) is 0 Å². The minimum absolute atomic E-state index is 0.0832. The number of ether oxygens (including phenoxy) is 1. The Morgan fingerprint density at radius 3 is 2.66 bits per heavy atom. The summed E-state index contributed by atoms with van der Waals surface area (Å²) in [6.45, 7) is 5.22. The molecule has 164 valence electrons. The number of benzene rings is 2. The Bertz CT molecular complexity index is 1210. The van der Waals surface area contributed by atoms with Gasteiger partial charge in [-0.1, -0.05) is 49.4 Å². The van der Waals surface area contributed by atoms with Crippen molar-refractivity contribution in [2.75, 3.05) is 23.8 Å². The van der Waals surface area contributed by atoms with Gasteiger partial charge in [0.2, 0.25) is 5.91 Å². The summed E-state index contributed by atoms with van der Waals surface area (Å²) in [7, 11) is 0. The molecule has 4 aromatic rings. The van der Waals surface area contributed by atoms with E-state index >= 15 is 0 Å². The van der Waals surface area contributed by atoms with Crippen LogP contribution in [0.25, 0.3) is 21.3 Å². The molecule has 0 saturated heterocycles. The summed E-state index contributed by atoms with van der Waals surface area (Å²) in [5, 5.41) is 7.29. The molecule has 2 aromatic carbocycles. The summed E-state index contributed by atoms with van der Waals surface area (Å²) in [6, 6.07) is 17.8. The number of amides is 1. The molecule has 2 aromatic heterocycles. The lowest BCUT2D eigenvalue weighted by Crippen LogP contribution is -2.17. The second kappa shape index (κ2) is 10.2. The highest BCUT2D eigenvalue weighted by Gasteiger charge is 2.16. The van der Waals surface area contributed by atoms with Crippen molar-refractivity contribution in [1.82, 2.24) is 9.97 Å². The number of hydrogen-bond donors (Lipinski definition) is 2. The minimum Gasteiger partial charge on any atom is -0.491 e. The molecule has 32 heavy (non-hydrogen) atoms. The fraction of sp³-hybridized carbons (Fsp3) is 0.240. The lowest BCUT2D eigenvalue weighted by molar-refractivity contribution is -0.116. The smallest absolute Gasteiger partial charge is 0.226 e. The van der Waals surface area contributed by atoms with E-state index in [1.165, 1.54) is 4.88 Å². The average molecular weight is 447 g/mol. The zero-order valence-corrected chi connectivity index (χ0v) is 19.0. The van der Waals surface area contributed by atoms with Crippen molar-refractivity contribution in [1.29, 1.82) is 0 Å². The Kier molecular flexibility index (Phi) is 6.97. The third kappa shape index (κ3) is 4.89. The molecule has 0 radical (unpaired) electrons. The molecular formula is C25H26N4O2S. The first-order valence-electron chi connectivity index (χ1n) is 10.7. The van der Waals surface area contributed by atoms with Gasteiger partial charge >= 0.3 is 0 Å². The monoisotopic (exact) mass is 446 g/mol. The third-order valence-electron chi connectivity index (χ3n) is 4.99. The Hall–Kier alpha value is -3.45. The number of aromatic nitrogens is 2. The molecule has 4 rings (SSSR count). The fourth-order valence-corrected chi connectivity index (χ4v) is 4.56. The van der Waals surface area contributed by atoms with Gasteiger partial charge in [0, 0.05) is 23.4 Å². The molecule has 6 nitrogen and oxygen atoms in total. The number of hydrogen-bond acceptors (Lipinski definition) is 6. The van der Waals surface area contributed by atoms with E-state index in [4.69, 9.17) is 4.74 Å². The molecule has 0 aliphatic heterocycles. The van der Waals surface area contributed by atoms with Crippen molar-refractivity contribution in [2.45, 2.75) is 26.7 Å². The molecule has 0 bridgehead atoms. The van der Waals surface area contributed by atoms with Crippen LogP contribution in [0.1, 0.15) is 24.6 Å². The lowest BCUT2D eigenvalue weighted by atomic mass is 10.0. The first-order valence-corrected chi connectivity index (χ1v) is 11.5. The standard InChI is InChI=1S/C25H26N4O2S/c1-3-15-31-20-12-8-7-11-19(20)29-21(30)13-14-26-24-23-22(18-9-5-4-6-10-18)17(2)32-25(23)28-16-27-24/h4-12,16H,3,13-15H2,1-2H3,(H,29,30)(H,26,27,28). The zero-order valence-electron chi connectivity index (χ0n) is 18.2. The van der Waals surface area contributed by atoms with E-state index < -0.39 is 0 Å². The predicted molar refractivity (Wildman–Crippen MR) is 132 cm³/mol. The largest absolute Gasteiger partial charge is 0.491 e. The normalized spacial score (nSPS) is 10.8. The molecule has 2 heterocycles. The van der Waals surface area contributed by atoms with Gasteiger partial charge in [-0.3, -0.25) is 4.79 Å². The molecule has 0 spiro atoms. The van der Waals surface area contributed by atoms with Gasteiger partial charge in [-0.25, -0.2) is 9.97 Å². The molecule has 0 fully saturated rings. The lowest BCUT2D eigenvalue weighted by Gasteiger charge is -2.12. The highest BCUT2D eigenvalue weighted by atomic mass is 32.1. The van der Waals surface area contributed by atoms with Gasteiger partial charge in [0.1, 0.15) is 22.7 Å². The van der Waals surface area contributed by atoms with Gasteiger partial charge in [0.25, 0.3) is 0 Å². The molecule has 0 saturated carbocycles. The number of aryl methyl sites for hydroxylation is 1. The quantitative estimate of drug-likeness (QED) is 0.335. The molecular weight excluding hydrogens is 420 g/mol. The maximum absolute atomic E-state index is 12.5. The summed E-state index contributed by atoms with van der Waals surface area (Å²) in [5.41, 5.74) is 2.96. The van der Waals surface area contributed by atoms with Gasteiger partial charge in [0.05, 0.1) is 17.7 Å². The number of fused-ring (bicyclic) bond motifs is 1. The third-order valence-corrected chi connectivity index (χ3v) is 6.01. The number of nitrogens with zero attached hydrogens (tertiary/aromatic N) is 2. The van der Waals surface area contributed by atoms with E-state index in [1.54, 1.807) is 17.7 Å². The van der Waals surface area contributed by atoms with E-state index in [1.807, 2.05) is 42.5 Å². The summed E-state index contributed by atoms with van der Waals surface area (Å²) in [5.74, 6) is 1.35. The molecule has 0 unspecified atom stereocenters. The Morgan fingerprint density at radius 2 is 1.84 bits per heavy atom. The number of carbonyl (C=O) groups excluding carboxylic acids is 1. The van der Waals surface area contributed by atoms with Crippen LogP contribution in [-0.4, -0.2) is 29.0 Å².